The molecule has 5 rings (SSSR count). The second-order valence-electron chi connectivity index (χ2n) is 9.34. The number of esters is 1. The fourth-order valence-electron chi connectivity index (χ4n) is 4.62. The van der Waals surface area contributed by atoms with E-state index in [0.717, 1.165) is 4.90 Å². The number of β-lactam (4-membered cyclic amide) rings is 1. The number of nitrogens with zero attached hydrogens (tertiary/aromatic N) is 5. The van der Waals surface area contributed by atoms with E-state index in [1.54, 1.807) is 31.3 Å². The highest BCUT2D eigenvalue weighted by molar-refractivity contribution is 7.99. The SMILES string of the molecule is COc1ccccc1C(=O)N[C@]1(OC)C(=O)N2C(C(=O)OCc3cccc(C(=O)O)c3)=C(CSc3nnnn3C)CO[C@@H]21. The lowest BCUT2D eigenvalue weighted by Crippen LogP contribution is -2.82. The van der Waals surface area contributed by atoms with Crippen molar-refractivity contribution in [2.45, 2.75) is 23.7 Å². The molecule has 16 heteroatoms. The third-order valence-corrected chi connectivity index (χ3v) is 7.87. The number of aromatic nitrogens is 4. The Hall–Kier alpha value is -4.80. The summed E-state index contributed by atoms with van der Waals surface area (Å²) >= 11 is 1.21. The van der Waals surface area contributed by atoms with Crippen molar-refractivity contribution >= 4 is 35.5 Å². The summed E-state index contributed by atoms with van der Waals surface area (Å²) in [7, 11) is 4.31. The molecule has 15 nitrogen and oxygen atoms in total. The Morgan fingerprint density at radius 2 is 1.98 bits per heavy atom. The van der Waals surface area contributed by atoms with Crippen molar-refractivity contribution in [2.24, 2.45) is 7.05 Å². The third kappa shape index (κ3) is 5.54. The quantitative estimate of drug-likeness (QED) is 0.136. The van der Waals surface area contributed by atoms with Crippen molar-refractivity contribution in [3.8, 4) is 5.75 Å². The first kappa shape index (κ1) is 29.7. The number of benzene rings is 2. The van der Waals surface area contributed by atoms with Crippen molar-refractivity contribution in [1.82, 2.24) is 30.4 Å². The molecule has 2 atom stereocenters. The van der Waals surface area contributed by atoms with E-state index >= 15 is 0 Å². The minimum absolute atomic E-state index is 0.0295. The Labute approximate surface area is 248 Å². The maximum Gasteiger partial charge on any atom is 0.355 e. The van der Waals surface area contributed by atoms with Gasteiger partial charge in [-0.15, -0.1) is 5.10 Å². The van der Waals surface area contributed by atoms with Gasteiger partial charge in [-0.25, -0.2) is 14.3 Å². The second kappa shape index (κ2) is 12.2. The van der Waals surface area contributed by atoms with Crippen LogP contribution < -0.4 is 10.1 Å². The molecule has 43 heavy (non-hydrogen) atoms. The number of rotatable bonds is 11. The molecule has 3 aromatic rings. The molecule has 0 saturated carbocycles. The van der Waals surface area contributed by atoms with Gasteiger partial charge >= 0.3 is 11.9 Å². The van der Waals surface area contributed by atoms with Gasteiger partial charge in [-0.05, 0) is 45.8 Å². The van der Waals surface area contributed by atoms with Gasteiger partial charge in [-0.1, -0.05) is 36.0 Å². The Bertz CT molecular complexity index is 1630. The minimum Gasteiger partial charge on any atom is -0.496 e. The molecule has 2 aromatic carbocycles. The minimum atomic E-state index is -1.94. The van der Waals surface area contributed by atoms with Crippen LogP contribution in [0.2, 0.25) is 0 Å². The predicted octanol–water partition coefficient (Wildman–Crippen LogP) is 0.978. The van der Waals surface area contributed by atoms with Crippen LogP contribution in [-0.2, 0) is 37.5 Å². The first-order valence-corrected chi connectivity index (χ1v) is 13.7. The topological polar surface area (TPSA) is 184 Å². The Kier molecular flexibility index (Phi) is 8.43. The number of carbonyl (C=O) groups excluding carboxylic acids is 3. The Balaban J connectivity index is 1.42. The normalized spacial score (nSPS) is 19.4. The summed E-state index contributed by atoms with van der Waals surface area (Å²) in [5.74, 6) is -2.94. The number of nitrogens with one attached hydrogen (secondary N) is 1. The first-order chi connectivity index (χ1) is 20.7. The van der Waals surface area contributed by atoms with E-state index in [4.69, 9.17) is 18.9 Å². The lowest BCUT2D eigenvalue weighted by Gasteiger charge is -2.55. The van der Waals surface area contributed by atoms with Crippen LogP contribution in [-0.4, -0.2) is 92.5 Å². The van der Waals surface area contributed by atoms with E-state index in [-0.39, 0.29) is 41.5 Å². The van der Waals surface area contributed by atoms with Gasteiger partial charge in [-0.2, -0.15) is 0 Å². The molecule has 2 aliphatic heterocycles. The van der Waals surface area contributed by atoms with Crippen LogP contribution in [0.3, 0.4) is 0 Å². The number of hydrogen-bond acceptors (Lipinski definition) is 12. The van der Waals surface area contributed by atoms with E-state index in [2.05, 4.69) is 20.8 Å². The molecular formula is C27H26N6O9S. The van der Waals surface area contributed by atoms with Crippen LogP contribution in [0.5, 0.6) is 5.75 Å². The molecule has 0 bridgehead atoms. The predicted molar refractivity (Wildman–Crippen MR) is 147 cm³/mol. The maximum atomic E-state index is 13.7. The standard InChI is InChI=1S/C27H26N6O9S/c1-32-26(29-30-31-32)43-14-17-13-42-25-27(40-3,28-21(34)18-9-4-5-10-19(18)39-2)24(38)33(25)20(17)23(37)41-12-15-7-6-8-16(11-15)22(35)36/h4-11,25H,12-14H2,1-3H3,(H,28,34)(H,35,36)/t25-,27+/m1/s1. The fourth-order valence-corrected chi connectivity index (χ4v) is 5.46. The zero-order valence-electron chi connectivity index (χ0n) is 23.2. The lowest BCUT2D eigenvalue weighted by molar-refractivity contribution is -0.256. The maximum absolute atomic E-state index is 13.7. The molecule has 2 N–H and O–H groups in total. The van der Waals surface area contributed by atoms with Gasteiger partial charge in [0.25, 0.3) is 17.5 Å². The molecule has 1 aromatic heterocycles. The first-order valence-electron chi connectivity index (χ1n) is 12.7. The summed E-state index contributed by atoms with van der Waals surface area (Å²) in [6, 6.07) is 12.4. The van der Waals surface area contributed by atoms with E-state index in [0.29, 0.717) is 16.3 Å². The number of ether oxygens (including phenoxy) is 4. The van der Waals surface area contributed by atoms with Gasteiger partial charge in [0, 0.05) is 19.9 Å². The summed E-state index contributed by atoms with van der Waals surface area (Å²) in [4.78, 5) is 52.9. The highest BCUT2D eigenvalue weighted by Crippen LogP contribution is 2.42. The Morgan fingerprint density at radius 3 is 2.67 bits per heavy atom. The average Bonchev–Trinajstić information content (AvgIpc) is 3.44. The number of para-hydroxylation sites is 1. The molecule has 0 aliphatic carbocycles. The van der Waals surface area contributed by atoms with Crippen molar-refractivity contribution < 1.29 is 43.2 Å². The molecule has 0 unspecified atom stereocenters. The molecular weight excluding hydrogens is 584 g/mol. The fraction of sp³-hybridized carbons (Fsp3) is 0.296. The van der Waals surface area contributed by atoms with E-state index in [9.17, 15) is 24.3 Å². The van der Waals surface area contributed by atoms with Crippen LogP contribution in [0.1, 0.15) is 26.3 Å². The molecule has 2 amide bonds. The molecule has 1 fully saturated rings. The largest absolute Gasteiger partial charge is 0.496 e. The van der Waals surface area contributed by atoms with E-state index in [1.807, 2.05) is 0 Å². The average molecular weight is 611 g/mol. The van der Waals surface area contributed by atoms with E-state index < -0.39 is 35.7 Å². The molecule has 1 saturated heterocycles. The number of carboxylic acid groups (broad SMARTS) is 1. The number of tetrazole rings is 1. The lowest BCUT2D eigenvalue weighted by atomic mass is 9.94. The number of carbonyl (C=O) groups is 4. The number of aryl methyl sites for hydroxylation is 1. The molecule has 0 spiro atoms. The number of aromatic carboxylic acids is 1. The number of fused-ring (bicyclic) bond motifs is 1. The summed E-state index contributed by atoms with van der Waals surface area (Å²) in [5.41, 5.74) is -0.992. The van der Waals surface area contributed by atoms with Crippen LogP contribution in [0.4, 0.5) is 0 Å². The van der Waals surface area contributed by atoms with E-state index in [1.165, 1.54) is 54.9 Å². The van der Waals surface area contributed by atoms with Crippen LogP contribution in [0, 0.1) is 0 Å². The second-order valence-corrected chi connectivity index (χ2v) is 10.3. The highest BCUT2D eigenvalue weighted by atomic mass is 32.2. The monoisotopic (exact) mass is 610 g/mol. The molecule has 224 valence electrons. The molecule has 2 aliphatic rings. The van der Waals surface area contributed by atoms with Gasteiger partial charge in [-0.3, -0.25) is 14.5 Å². The number of carboxylic acids is 1. The number of hydrogen-bond donors (Lipinski definition) is 2. The number of amides is 2. The van der Waals surface area contributed by atoms with Crippen molar-refractivity contribution in [2.75, 3.05) is 26.6 Å². The van der Waals surface area contributed by atoms with Crippen LogP contribution in [0.15, 0.2) is 65.0 Å². The van der Waals surface area contributed by atoms with Crippen molar-refractivity contribution in [1.29, 1.82) is 0 Å². The van der Waals surface area contributed by atoms with Gasteiger partial charge in [0.05, 0.1) is 24.8 Å². The number of methoxy groups -OCH3 is 2. The highest BCUT2D eigenvalue weighted by Gasteiger charge is 2.67. The van der Waals surface area contributed by atoms with Crippen LogP contribution in [0.25, 0.3) is 0 Å². The van der Waals surface area contributed by atoms with Gasteiger partial charge in [0.1, 0.15) is 18.1 Å². The van der Waals surface area contributed by atoms with Crippen molar-refractivity contribution in [3.63, 3.8) is 0 Å². The zero-order chi connectivity index (χ0) is 30.7. The summed E-state index contributed by atoms with van der Waals surface area (Å²) in [5, 5.41) is 23.7. The van der Waals surface area contributed by atoms with Gasteiger partial charge < -0.3 is 29.4 Å². The smallest absolute Gasteiger partial charge is 0.355 e. The van der Waals surface area contributed by atoms with Crippen LogP contribution >= 0.6 is 11.8 Å². The summed E-state index contributed by atoms with van der Waals surface area (Å²) in [6.07, 6.45) is -1.20. The summed E-state index contributed by atoms with van der Waals surface area (Å²) < 4.78 is 23.8. The molecule has 3 heterocycles. The third-order valence-electron chi connectivity index (χ3n) is 6.78. The summed E-state index contributed by atoms with van der Waals surface area (Å²) in [6.45, 7) is -0.369. The zero-order valence-corrected chi connectivity index (χ0v) is 24.0. The number of thioether (sulfide) groups is 1. The molecule has 0 radical (unpaired) electrons. The van der Waals surface area contributed by atoms with Crippen molar-refractivity contribution in [3.05, 3.63) is 76.5 Å². The van der Waals surface area contributed by atoms with Gasteiger partial charge in [0.2, 0.25) is 5.16 Å². The van der Waals surface area contributed by atoms with Gasteiger partial charge in [0.15, 0.2) is 6.23 Å². The Morgan fingerprint density at radius 1 is 1.19 bits per heavy atom.